The first-order valence-corrected chi connectivity index (χ1v) is 7.18. The molecule has 1 fully saturated rings. The van der Waals surface area contributed by atoms with E-state index in [2.05, 4.69) is 50.6 Å². The van der Waals surface area contributed by atoms with Crippen molar-refractivity contribution in [3.63, 3.8) is 0 Å². The highest BCUT2D eigenvalue weighted by molar-refractivity contribution is 14.0. The van der Waals surface area contributed by atoms with Gasteiger partial charge in [0.1, 0.15) is 0 Å². The Hall–Kier alpha value is 0.180. The third-order valence-electron chi connectivity index (χ3n) is 2.28. The van der Waals surface area contributed by atoms with Gasteiger partial charge in [-0.25, -0.2) is 4.99 Å². The number of halogens is 2. The predicted molar refractivity (Wildman–Crippen MR) is 88.4 cm³/mol. The Labute approximate surface area is 132 Å². The van der Waals surface area contributed by atoms with Crippen molar-refractivity contribution in [2.45, 2.75) is 32.4 Å². The molecule has 1 aliphatic carbocycles. The molecule has 0 spiro atoms. The van der Waals surface area contributed by atoms with Crippen molar-refractivity contribution in [3.05, 3.63) is 20.8 Å². The van der Waals surface area contributed by atoms with Crippen LogP contribution >= 0.6 is 51.2 Å². The van der Waals surface area contributed by atoms with E-state index >= 15 is 0 Å². The summed E-state index contributed by atoms with van der Waals surface area (Å²) in [7, 11) is 0. The zero-order chi connectivity index (χ0) is 11.4. The van der Waals surface area contributed by atoms with Gasteiger partial charge in [0.25, 0.3) is 0 Å². The Bertz CT molecular complexity index is 377. The van der Waals surface area contributed by atoms with E-state index in [0.29, 0.717) is 6.04 Å². The maximum absolute atomic E-state index is 4.56. The summed E-state index contributed by atoms with van der Waals surface area (Å²) in [5.74, 6) is 0.939. The molecule has 0 aromatic carbocycles. The molecule has 3 nitrogen and oxygen atoms in total. The molecule has 1 saturated carbocycles. The molecule has 6 heteroatoms. The third kappa shape index (κ3) is 5.56. The van der Waals surface area contributed by atoms with Crippen LogP contribution in [0.5, 0.6) is 0 Å². The highest BCUT2D eigenvalue weighted by atomic mass is 127. The van der Waals surface area contributed by atoms with E-state index in [0.717, 1.165) is 22.8 Å². The van der Waals surface area contributed by atoms with Gasteiger partial charge in [0, 0.05) is 17.5 Å². The first-order valence-electron chi connectivity index (χ1n) is 5.57. The van der Waals surface area contributed by atoms with Crippen LogP contribution in [0.25, 0.3) is 0 Å². The van der Waals surface area contributed by atoms with Crippen molar-refractivity contribution in [2.75, 3.05) is 6.54 Å². The van der Waals surface area contributed by atoms with Crippen molar-refractivity contribution in [3.8, 4) is 0 Å². The Morgan fingerprint density at radius 3 is 2.82 bits per heavy atom. The van der Waals surface area contributed by atoms with Gasteiger partial charge in [-0.2, -0.15) is 0 Å². The van der Waals surface area contributed by atoms with Gasteiger partial charge < -0.3 is 10.6 Å². The molecule has 1 aromatic heterocycles. The van der Waals surface area contributed by atoms with Crippen molar-refractivity contribution in [1.29, 1.82) is 0 Å². The summed E-state index contributed by atoms with van der Waals surface area (Å²) >= 11 is 5.20. The topological polar surface area (TPSA) is 36.4 Å². The number of hydrogen-bond acceptors (Lipinski definition) is 2. The minimum atomic E-state index is 0. The van der Waals surface area contributed by atoms with Crippen molar-refractivity contribution < 1.29 is 0 Å². The Morgan fingerprint density at radius 2 is 2.29 bits per heavy atom. The van der Waals surface area contributed by atoms with Crippen molar-refractivity contribution in [1.82, 2.24) is 10.6 Å². The molecular weight excluding hydrogens is 413 g/mol. The number of aliphatic imine (C=N–C) groups is 1. The lowest BCUT2D eigenvalue weighted by Gasteiger charge is -2.09. The van der Waals surface area contributed by atoms with Crippen LogP contribution in [0.4, 0.5) is 0 Å². The van der Waals surface area contributed by atoms with Crippen molar-refractivity contribution >= 4 is 57.2 Å². The molecule has 1 heterocycles. The monoisotopic (exact) mass is 429 g/mol. The van der Waals surface area contributed by atoms with Gasteiger partial charge in [-0.1, -0.05) is 0 Å². The first kappa shape index (κ1) is 15.2. The maximum atomic E-state index is 4.56. The Balaban J connectivity index is 0.00000144. The normalized spacial score (nSPS) is 15.3. The molecule has 17 heavy (non-hydrogen) atoms. The lowest BCUT2D eigenvalue weighted by molar-refractivity contribution is 0.813. The standard InChI is InChI=1S/C11H16BrN3S.HI/c1-2-13-11(15-8-3-4-8)14-7-9-5-6-10(12)16-9;/h5-6,8H,2-4,7H2,1H3,(H2,13,14,15);1H. The second-order valence-corrected chi connectivity index (χ2v) is 6.37. The Morgan fingerprint density at radius 1 is 1.53 bits per heavy atom. The quantitative estimate of drug-likeness (QED) is 0.437. The molecule has 1 aromatic rings. The Kier molecular flexibility index (Phi) is 6.79. The van der Waals surface area contributed by atoms with Crippen LogP contribution in [0.1, 0.15) is 24.6 Å². The number of nitrogens with zero attached hydrogens (tertiary/aromatic N) is 1. The molecule has 0 radical (unpaired) electrons. The minimum absolute atomic E-state index is 0. The molecule has 96 valence electrons. The maximum Gasteiger partial charge on any atom is 0.191 e. The highest BCUT2D eigenvalue weighted by Crippen LogP contribution is 2.22. The minimum Gasteiger partial charge on any atom is -0.357 e. The highest BCUT2D eigenvalue weighted by Gasteiger charge is 2.21. The summed E-state index contributed by atoms with van der Waals surface area (Å²) in [6, 6.07) is 4.82. The summed E-state index contributed by atoms with van der Waals surface area (Å²) in [4.78, 5) is 5.84. The number of rotatable bonds is 4. The van der Waals surface area contributed by atoms with E-state index < -0.39 is 0 Å². The van der Waals surface area contributed by atoms with Gasteiger partial charge in [0.05, 0.1) is 10.3 Å². The third-order valence-corrected chi connectivity index (χ3v) is 3.89. The number of nitrogens with one attached hydrogen (secondary N) is 2. The van der Waals surface area contributed by atoms with Crippen LogP contribution in [0.3, 0.4) is 0 Å². The molecular formula is C11H17BrIN3S. The summed E-state index contributed by atoms with van der Waals surface area (Å²) in [6.45, 7) is 3.75. The second-order valence-electron chi connectivity index (χ2n) is 3.82. The van der Waals surface area contributed by atoms with Gasteiger partial charge in [0.15, 0.2) is 5.96 Å². The molecule has 0 amide bonds. The molecule has 0 atom stereocenters. The van der Waals surface area contributed by atoms with Crippen LogP contribution in [0, 0.1) is 0 Å². The smallest absolute Gasteiger partial charge is 0.191 e. The van der Waals surface area contributed by atoms with Crippen LogP contribution in [0.15, 0.2) is 20.9 Å². The van der Waals surface area contributed by atoms with Gasteiger partial charge >= 0.3 is 0 Å². The van der Waals surface area contributed by atoms with Crippen LogP contribution in [0.2, 0.25) is 0 Å². The predicted octanol–water partition coefficient (Wildman–Crippen LogP) is 3.35. The summed E-state index contributed by atoms with van der Waals surface area (Å²) in [6.07, 6.45) is 2.55. The van der Waals surface area contributed by atoms with Crippen molar-refractivity contribution in [2.24, 2.45) is 4.99 Å². The fourth-order valence-electron chi connectivity index (χ4n) is 1.33. The molecule has 0 bridgehead atoms. The van der Waals surface area contributed by atoms with E-state index in [4.69, 9.17) is 0 Å². The fourth-order valence-corrected chi connectivity index (χ4v) is 2.74. The van der Waals surface area contributed by atoms with E-state index in [1.165, 1.54) is 17.7 Å². The van der Waals surface area contributed by atoms with Gasteiger partial charge in [-0.3, -0.25) is 0 Å². The molecule has 0 saturated heterocycles. The zero-order valence-electron chi connectivity index (χ0n) is 9.70. The second kappa shape index (κ2) is 7.58. The van der Waals surface area contributed by atoms with E-state index in [1.807, 2.05) is 0 Å². The fraction of sp³-hybridized carbons (Fsp3) is 0.545. The zero-order valence-corrected chi connectivity index (χ0v) is 14.4. The number of thiophene rings is 1. The lowest BCUT2D eigenvalue weighted by atomic mass is 10.5. The summed E-state index contributed by atoms with van der Waals surface area (Å²) in [5.41, 5.74) is 0. The largest absolute Gasteiger partial charge is 0.357 e. The molecule has 0 aliphatic heterocycles. The average molecular weight is 430 g/mol. The van der Waals surface area contributed by atoms with E-state index in [1.54, 1.807) is 11.3 Å². The first-order chi connectivity index (χ1) is 7.78. The number of hydrogen-bond donors (Lipinski definition) is 2. The summed E-state index contributed by atoms with van der Waals surface area (Å²) in [5, 5.41) is 6.66. The van der Waals surface area contributed by atoms with Gasteiger partial charge in [-0.15, -0.1) is 35.3 Å². The molecule has 1 aliphatic rings. The average Bonchev–Trinajstić information content (AvgIpc) is 2.97. The number of guanidine groups is 1. The van der Waals surface area contributed by atoms with E-state index in [9.17, 15) is 0 Å². The van der Waals surface area contributed by atoms with Crippen LogP contribution in [-0.4, -0.2) is 18.5 Å². The molecule has 0 unspecified atom stereocenters. The molecule has 2 rings (SSSR count). The van der Waals surface area contributed by atoms with Gasteiger partial charge in [0.2, 0.25) is 0 Å². The lowest BCUT2D eigenvalue weighted by Crippen LogP contribution is -2.38. The van der Waals surface area contributed by atoms with Crippen LogP contribution in [-0.2, 0) is 6.54 Å². The summed E-state index contributed by atoms with van der Waals surface area (Å²) < 4.78 is 1.16. The SMILES string of the molecule is CCNC(=NCc1ccc(Br)s1)NC1CC1.I. The van der Waals surface area contributed by atoms with Crippen LogP contribution < -0.4 is 10.6 Å². The van der Waals surface area contributed by atoms with Gasteiger partial charge in [-0.05, 0) is 47.8 Å². The van der Waals surface area contributed by atoms with E-state index in [-0.39, 0.29) is 24.0 Å². The molecule has 2 N–H and O–H groups in total.